The molecule has 0 amide bonds. The van der Waals surface area contributed by atoms with Crippen LogP contribution in [0, 0.1) is 0 Å². The Labute approximate surface area is 94.5 Å². The van der Waals surface area contributed by atoms with Crippen LogP contribution in [0.1, 0.15) is 20.3 Å². The summed E-state index contributed by atoms with van der Waals surface area (Å²) in [7, 11) is 0. The number of hydrogen-bond donors (Lipinski definition) is 0. The van der Waals surface area contributed by atoms with Crippen molar-refractivity contribution < 1.29 is 26.3 Å². The number of rotatable bonds is 3. The molecule has 0 aliphatic rings. The Hall–Kier alpha value is -1.27. The summed E-state index contributed by atoms with van der Waals surface area (Å²) in [4.78, 5) is 2.97. The van der Waals surface area contributed by atoms with Gasteiger partial charge in [0.1, 0.15) is 5.70 Å². The molecular formula is C10H11F6N. The van der Waals surface area contributed by atoms with Gasteiger partial charge < -0.3 is 0 Å². The number of allylic oxidation sites excluding steroid dienone is 4. The van der Waals surface area contributed by atoms with Crippen molar-refractivity contribution in [1.82, 2.24) is 0 Å². The van der Waals surface area contributed by atoms with E-state index in [0.717, 1.165) is 13.0 Å². The third-order valence-electron chi connectivity index (χ3n) is 1.67. The Morgan fingerprint density at radius 1 is 1.06 bits per heavy atom. The van der Waals surface area contributed by atoms with Crippen LogP contribution in [0.25, 0.3) is 0 Å². The highest BCUT2D eigenvalue weighted by Crippen LogP contribution is 2.27. The zero-order valence-electron chi connectivity index (χ0n) is 9.15. The lowest BCUT2D eigenvalue weighted by molar-refractivity contribution is -0.0926. The van der Waals surface area contributed by atoms with Crippen molar-refractivity contribution in [3.63, 3.8) is 0 Å². The van der Waals surface area contributed by atoms with Gasteiger partial charge in [-0.2, -0.15) is 26.3 Å². The van der Waals surface area contributed by atoms with Gasteiger partial charge >= 0.3 is 12.4 Å². The van der Waals surface area contributed by atoms with Gasteiger partial charge in [-0.15, -0.1) is 0 Å². The highest BCUT2D eigenvalue weighted by atomic mass is 19.4. The van der Waals surface area contributed by atoms with Gasteiger partial charge in [0.05, 0.1) is 0 Å². The molecule has 0 radical (unpaired) electrons. The fourth-order valence-corrected chi connectivity index (χ4v) is 0.759. The fourth-order valence-electron chi connectivity index (χ4n) is 0.759. The summed E-state index contributed by atoms with van der Waals surface area (Å²) >= 11 is 0. The van der Waals surface area contributed by atoms with Gasteiger partial charge in [-0.3, -0.25) is 4.99 Å². The molecule has 0 bridgehead atoms. The van der Waals surface area contributed by atoms with E-state index in [1.807, 2.05) is 0 Å². The molecule has 0 unspecified atom stereocenters. The molecule has 0 fully saturated rings. The van der Waals surface area contributed by atoms with E-state index >= 15 is 0 Å². The Kier molecular flexibility index (Phi) is 5.44. The van der Waals surface area contributed by atoms with Gasteiger partial charge in [0.25, 0.3) is 0 Å². The van der Waals surface area contributed by atoms with Gasteiger partial charge in [0, 0.05) is 11.8 Å². The predicted molar refractivity (Wildman–Crippen MR) is 52.7 cm³/mol. The third kappa shape index (κ3) is 6.13. The standard InChI is InChI=1S/C10H11F6N/c1-3-4-8(10(14,15)16)17-6-5-7(2)9(11,12)13/h4-6H,3H2,1-2H3/b7-5+,8-4+,17-6-. The summed E-state index contributed by atoms with van der Waals surface area (Å²) in [6.07, 6.45) is -7.33. The molecule has 0 aliphatic heterocycles. The van der Waals surface area contributed by atoms with Crippen LogP contribution in [0.5, 0.6) is 0 Å². The third-order valence-corrected chi connectivity index (χ3v) is 1.67. The van der Waals surface area contributed by atoms with Gasteiger partial charge in [0.15, 0.2) is 0 Å². The molecule has 0 aromatic heterocycles. The molecule has 0 spiro atoms. The first-order chi connectivity index (χ1) is 7.59. The Morgan fingerprint density at radius 3 is 1.94 bits per heavy atom. The predicted octanol–water partition coefficient (Wildman–Crippen LogP) is 4.42. The molecule has 17 heavy (non-hydrogen) atoms. The molecule has 0 atom stereocenters. The monoisotopic (exact) mass is 259 g/mol. The Bertz CT molecular complexity index is 332. The summed E-state index contributed by atoms with van der Waals surface area (Å²) in [6, 6.07) is 0. The molecule has 0 aromatic rings. The minimum absolute atomic E-state index is 0.0914. The van der Waals surface area contributed by atoms with Crippen LogP contribution in [0.4, 0.5) is 26.3 Å². The first-order valence-corrected chi connectivity index (χ1v) is 4.64. The quantitative estimate of drug-likeness (QED) is 0.525. The number of hydrogen-bond acceptors (Lipinski definition) is 1. The minimum Gasteiger partial charge on any atom is -0.252 e. The van der Waals surface area contributed by atoms with Gasteiger partial charge in [-0.1, -0.05) is 13.0 Å². The summed E-state index contributed by atoms with van der Waals surface area (Å²) in [5, 5.41) is 0. The second kappa shape index (κ2) is 5.88. The molecule has 0 saturated heterocycles. The van der Waals surface area contributed by atoms with E-state index in [0.29, 0.717) is 12.3 Å². The molecule has 0 aliphatic carbocycles. The van der Waals surface area contributed by atoms with Crippen molar-refractivity contribution in [2.24, 2.45) is 4.99 Å². The van der Waals surface area contributed by atoms with Gasteiger partial charge in [0.2, 0.25) is 0 Å². The van der Waals surface area contributed by atoms with E-state index < -0.39 is 23.6 Å². The molecule has 0 aromatic carbocycles. The average Bonchev–Trinajstić information content (AvgIpc) is 2.13. The number of halogens is 6. The number of aliphatic imine (C=N–C) groups is 1. The lowest BCUT2D eigenvalue weighted by Gasteiger charge is -2.06. The SMILES string of the molecule is CC/C=C(/N=C\C=C(/C)C(F)(F)F)C(F)(F)F. The maximum atomic E-state index is 12.2. The smallest absolute Gasteiger partial charge is 0.252 e. The molecule has 0 rings (SSSR count). The molecule has 0 N–H and O–H groups in total. The lowest BCUT2D eigenvalue weighted by atomic mass is 10.3. The van der Waals surface area contributed by atoms with Crippen LogP contribution in [-0.2, 0) is 0 Å². The van der Waals surface area contributed by atoms with E-state index in [-0.39, 0.29) is 6.42 Å². The van der Waals surface area contributed by atoms with E-state index in [1.165, 1.54) is 6.92 Å². The topological polar surface area (TPSA) is 12.4 Å². The first kappa shape index (κ1) is 15.7. The maximum Gasteiger partial charge on any atom is 0.433 e. The first-order valence-electron chi connectivity index (χ1n) is 4.64. The lowest BCUT2D eigenvalue weighted by Crippen LogP contribution is -2.11. The van der Waals surface area contributed by atoms with Crippen molar-refractivity contribution in [3.05, 3.63) is 23.4 Å². The average molecular weight is 259 g/mol. The zero-order valence-corrected chi connectivity index (χ0v) is 9.15. The second-order valence-corrected chi connectivity index (χ2v) is 3.12. The molecule has 98 valence electrons. The molecule has 0 saturated carbocycles. The van der Waals surface area contributed by atoms with Crippen molar-refractivity contribution in [2.45, 2.75) is 32.6 Å². The highest BCUT2D eigenvalue weighted by molar-refractivity contribution is 5.73. The van der Waals surface area contributed by atoms with Crippen LogP contribution in [0.15, 0.2) is 28.4 Å². The zero-order chi connectivity index (χ0) is 13.7. The fraction of sp³-hybridized carbons (Fsp3) is 0.500. The minimum atomic E-state index is -4.66. The van der Waals surface area contributed by atoms with Crippen molar-refractivity contribution >= 4 is 6.21 Å². The van der Waals surface area contributed by atoms with E-state index in [1.54, 1.807) is 0 Å². The van der Waals surface area contributed by atoms with Crippen LogP contribution in [0.2, 0.25) is 0 Å². The van der Waals surface area contributed by atoms with Crippen molar-refractivity contribution in [1.29, 1.82) is 0 Å². The van der Waals surface area contributed by atoms with Crippen LogP contribution in [0.3, 0.4) is 0 Å². The van der Waals surface area contributed by atoms with Crippen LogP contribution in [-0.4, -0.2) is 18.6 Å². The van der Waals surface area contributed by atoms with Gasteiger partial charge in [-0.05, 0) is 19.4 Å². The van der Waals surface area contributed by atoms with E-state index in [9.17, 15) is 26.3 Å². The molecule has 0 heterocycles. The Balaban J connectivity index is 4.88. The Morgan fingerprint density at radius 2 is 1.59 bits per heavy atom. The van der Waals surface area contributed by atoms with Crippen molar-refractivity contribution in [3.8, 4) is 0 Å². The van der Waals surface area contributed by atoms with Crippen molar-refractivity contribution in [2.75, 3.05) is 0 Å². The summed E-state index contributed by atoms with van der Waals surface area (Å²) in [5.74, 6) is 0. The highest BCUT2D eigenvalue weighted by Gasteiger charge is 2.33. The van der Waals surface area contributed by atoms with Gasteiger partial charge in [-0.25, -0.2) is 0 Å². The van der Waals surface area contributed by atoms with E-state index in [2.05, 4.69) is 4.99 Å². The summed E-state index contributed by atoms with van der Waals surface area (Å²) in [6.45, 7) is 2.22. The molecule has 7 heteroatoms. The van der Waals surface area contributed by atoms with Crippen LogP contribution < -0.4 is 0 Å². The van der Waals surface area contributed by atoms with E-state index in [4.69, 9.17) is 0 Å². The maximum absolute atomic E-state index is 12.2. The normalized spacial score (nSPS) is 15.8. The number of alkyl halides is 6. The van der Waals surface area contributed by atoms with Crippen LogP contribution >= 0.6 is 0 Å². The number of nitrogens with zero attached hydrogens (tertiary/aromatic N) is 1. The largest absolute Gasteiger partial charge is 0.433 e. The summed E-state index contributed by atoms with van der Waals surface area (Å²) < 4.78 is 72.7. The molecular weight excluding hydrogens is 248 g/mol. The summed E-state index contributed by atoms with van der Waals surface area (Å²) in [5.41, 5.74) is -2.22. The second-order valence-electron chi connectivity index (χ2n) is 3.12. The molecule has 1 nitrogen and oxygen atoms in total.